The largest absolute Gasteiger partial charge is 0.470 e. The van der Waals surface area contributed by atoms with Crippen molar-refractivity contribution in [1.29, 1.82) is 0 Å². The molecule has 1 amide bonds. The number of piperidine rings is 1. The number of nitrogens with zero attached hydrogens (tertiary/aromatic N) is 4. The Morgan fingerprint density at radius 1 is 1.11 bits per heavy atom. The predicted octanol–water partition coefficient (Wildman–Crippen LogP) is 5.00. The van der Waals surface area contributed by atoms with Crippen molar-refractivity contribution in [1.82, 2.24) is 19.8 Å². The lowest BCUT2D eigenvalue weighted by Gasteiger charge is -2.36. The van der Waals surface area contributed by atoms with Crippen LogP contribution in [0.4, 0.5) is 14.6 Å². The van der Waals surface area contributed by atoms with Gasteiger partial charge in [0.2, 0.25) is 0 Å². The van der Waals surface area contributed by atoms with Crippen molar-refractivity contribution in [2.75, 3.05) is 31.9 Å². The van der Waals surface area contributed by atoms with E-state index in [2.05, 4.69) is 14.9 Å². The van der Waals surface area contributed by atoms with Crippen LogP contribution in [0.2, 0.25) is 5.02 Å². The standard InChI is InChI=1S/C25H26ClF2N5O2S/c26-22-16(17(27)3-4-18(22)28)14-35-24-23(29)30-13-19(31-24)20-5-6-21(36-20)25(34)33-11-7-15(8-12-33)32-9-1-2-10-32/h3-6,13,15H,1-2,7-12,14H2,(H2,29,30). The van der Waals surface area contributed by atoms with E-state index in [0.29, 0.717) is 16.6 Å². The van der Waals surface area contributed by atoms with Gasteiger partial charge in [0, 0.05) is 24.7 Å². The second-order valence-corrected chi connectivity index (χ2v) is 10.4. The first kappa shape index (κ1) is 24.9. The summed E-state index contributed by atoms with van der Waals surface area (Å²) in [6, 6.07) is 6.10. The van der Waals surface area contributed by atoms with Gasteiger partial charge in [-0.15, -0.1) is 11.3 Å². The maximum atomic E-state index is 14.1. The quantitative estimate of drug-likeness (QED) is 0.449. The number of likely N-dealkylation sites (tertiary alicyclic amines) is 2. The fourth-order valence-electron chi connectivity index (χ4n) is 4.74. The van der Waals surface area contributed by atoms with Gasteiger partial charge in [-0.25, -0.2) is 18.7 Å². The number of amides is 1. The summed E-state index contributed by atoms with van der Waals surface area (Å²) in [7, 11) is 0. The minimum Gasteiger partial charge on any atom is -0.470 e. The smallest absolute Gasteiger partial charge is 0.263 e. The van der Waals surface area contributed by atoms with Gasteiger partial charge in [-0.2, -0.15) is 0 Å². The van der Waals surface area contributed by atoms with Crippen molar-refractivity contribution >= 4 is 34.7 Å². The number of carbonyl (C=O) groups excluding carboxylic acids is 1. The van der Waals surface area contributed by atoms with E-state index in [1.807, 2.05) is 11.0 Å². The fraction of sp³-hybridized carbons (Fsp3) is 0.400. The molecule has 3 aromatic rings. The molecule has 2 saturated heterocycles. The highest BCUT2D eigenvalue weighted by Gasteiger charge is 2.29. The molecule has 1 aromatic carbocycles. The number of rotatable bonds is 6. The minimum atomic E-state index is -0.750. The summed E-state index contributed by atoms with van der Waals surface area (Å²) in [6.45, 7) is 3.49. The molecule has 2 fully saturated rings. The fourth-order valence-corrected chi connectivity index (χ4v) is 5.87. The Labute approximate surface area is 216 Å². The Bertz CT molecular complexity index is 1260. The second-order valence-electron chi connectivity index (χ2n) is 8.99. The number of benzene rings is 1. The van der Waals surface area contributed by atoms with Gasteiger partial charge in [0.25, 0.3) is 11.8 Å². The summed E-state index contributed by atoms with van der Waals surface area (Å²) < 4.78 is 33.3. The summed E-state index contributed by atoms with van der Waals surface area (Å²) in [5.41, 5.74) is 6.21. The van der Waals surface area contributed by atoms with Crippen molar-refractivity contribution in [3.05, 3.63) is 57.6 Å². The zero-order chi connectivity index (χ0) is 25.2. The lowest BCUT2D eigenvalue weighted by molar-refractivity contribution is 0.0649. The van der Waals surface area contributed by atoms with Crippen LogP contribution in [-0.4, -0.2) is 57.9 Å². The highest BCUT2D eigenvalue weighted by molar-refractivity contribution is 7.17. The van der Waals surface area contributed by atoms with E-state index in [0.717, 1.165) is 42.9 Å². The van der Waals surface area contributed by atoms with Crippen LogP contribution in [0.25, 0.3) is 10.6 Å². The molecule has 0 bridgehead atoms. The summed E-state index contributed by atoms with van der Waals surface area (Å²) in [5, 5.41) is -0.358. The maximum absolute atomic E-state index is 14.1. The molecule has 36 heavy (non-hydrogen) atoms. The Hall–Kier alpha value is -2.82. The van der Waals surface area contributed by atoms with E-state index < -0.39 is 11.6 Å². The van der Waals surface area contributed by atoms with Crippen LogP contribution in [0.1, 0.15) is 40.9 Å². The first-order valence-electron chi connectivity index (χ1n) is 11.9. The van der Waals surface area contributed by atoms with Gasteiger partial charge in [0.1, 0.15) is 23.9 Å². The molecule has 0 spiro atoms. The van der Waals surface area contributed by atoms with Crippen molar-refractivity contribution in [2.24, 2.45) is 0 Å². The van der Waals surface area contributed by atoms with Crippen molar-refractivity contribution in [3.8, 4) is 16.5 Å². The van der Waals surface area contributed by atoms with E-state index in [1.165, 1.54) is 43.5 Å². The number of anilines is 1. The van der Waals surface area contributed by atoms with Crippen LogP contribution in [-0.2, 0) is 6.61 Å². The molecule has 5 rings (SSSR count). The SMILES string of the molecule is Nc1ncc(-c2ccc(C(=O)N3CCC(N4CCCC4)CC3)s2)nc1OCc1c(F)ccc(F)c1Cl. The van der Waals surface area contributed by atoms with E-state index in [4.69, 9.17) is 22.1 Å². The third-order valence-electron chi connectivity index (χ3n) is 6.74. The molecule has 4 heterocycles. The zero-order valence-electron chi connectivity index (χ0n) is 19.6. The lowest BCUT2D eigenvalue weighted by Crippen LogP contribution is -2.45. The first-order chi connectivity index (χ1) is 17.4. The van der Waals surface area contributed by atoms with Crippen LogP contribution in [0.5, 0.6) is 5.88 Å². The Kier molecular flexibility index (Phi) is 7.36. The van der Waals surface area contributed by atoms with E-state index in [1.54, 1.807) is 6.07 Å². The molecule has 190 valence electrons. The summed E-state index contributed by atoms with van der Waals surface area (Å²) >= 11 is 7.19. The average Bonchev–Trinajstić information content (AvgIpc) is 3.60. The van der Waals surface area contributed by atoms with Gasteiger partial charge < -0.3 is 20.3 Å². The lowest BCUT2D eigenvalue weighted by atomic mass is 10.0. The van der Waals surface area contributed by atoms with Gasteiger partial charge in [0.05, 0.1) is 21.0 Å². The minimum absolute atomic E-state index is 0.000382. The summed E-state index contributed by atoms with van der Waals surface area (Å²) in [5.74, 6) is -1.46. The Balaban J connectivity index is 1.25. The van der Waals surface area contributed by atoms with Crippen LogP contribution in [0.15, 0.2) is 30.5 Å². The molecular formula is C25H26ClF2N5O2S. The van der Waals surface area contributed by atoms with E-state index in [-0.39, 0.29) is 34.8 Å². The van der Waals surface area contributed by atoms with Crippen molar-refractivity contribution in [2.45, 2.75) is 38.3 Å². The van der Waals surface area contributed by atoms with Gasteiger partial charge in [-0.1, -0.05) is 11.6 Å². The van der Waals surface area contributed by atoms with Crippen LogP contribution in [0.3, 0.4) is 0 Å². The van der Waals surface area contributed by atoms with Gasteiger partial charge in [0.15, 0.2) is 5.82 Å². The molecule has 2 aliphatic heterocycles. The molecule has 0 radical (unpaired) electrons. The number of thiophene rings is 1. The third-order valence-corrected chi connectivity index (χ3v) is 8.24. The molecular weight excluding hydrogens is 508 g/mol. The number of halogens is 3. The Morgan fingerprint density at radius 2 is 1.83 bits per heavy atom. The summed E-state index contributed by atoms with van der Waals surface area (Å²) in [6.07, 6.45) is 6.04. The van der Waals surface area contributed by atoms with E-state index >= 15 is 0 Å². The van der Waals surface area contributed by atoms with Gasteiger partial charge in [-0.05, 0) is 63.0 Å². The van der Waals surface area contributed by atoms with Crippen LogP contribution >= 0.6 is 22.9 Å². The number of hydrogen-bond acceptors (Lipinski definition) is 7. The molecule has 11 heteroatoms. The van der Waals surface area contributed by atoms with Crippen molar-refractivity contribution in [3.63, 3.8) is 0 Å². The number of hydrogen-bond donors (Lipinski definition) is 1. The highest BCUT2D eigenvalue weighted by atomic mass is 35.5. The van der Waals surface area contributed by atoms with Crippen LogP contribution < -0.4 is 10.5 Å². The van der Waals surface area contributed by atoms with E-state index in [9.17, 15) is 13.6 Å². The van der Waals surface area contributed by atoms with Crippen LogP contribution in [0, 0.1) is 11.6 Å². The number of carbonyl (C=O) groups is 1. The highest BCUT2D eigenvalue weighted by Crippen LogP contribution is 2.32. The molecule has 2 N–H and O–H groups in total. The third kappa shape index (κ3) is 5.16. The van der Waals surface area contributed by atoms with Crippen molar-refractivity contribution < 1.29 is 18.3 Å². The number of nitrogens with two attached hydrogens (primary N) is 1. The second kappa shape index (κ2) is 10.7. The maximum Gasteiger partial charge on any atom is 0.263 e. The monoisotopic (exact) mass is 533 g/mol. The Morgan fingerprint density at radius 3 is 2.58 bits per heavy atom. The normalized spacial score (nSPS) is 17.0. The average molecular weight is 534 g/mol. The molecule has 0 unspecified atom stereocenters. The zero-order valence-corrected chi connectivity index (χ0v) is 21.1. The number of nitrogen functional groups attached to an aromatic ring is 1. The molecule has 2 aromatic heterocycles. The molecule has 2 aliphatic rings. The topological polar surface area (TPSA) is 84.6 Å². The molecule has 0 atom stereocenters. The molecule has 0 aliphatic carbocycles. The molecule has 7 nitrogen and oxygen atoms in total. The van der Waals surface area contributed by atoms with Gasteiger partial charge in [-0.3, -0.25) is 4.79 Å². The van der Waals surface area contributed by atoms with Gasteiger partial charge >= 0.3 is 0 Å². The predicted molar refractivity (Wildman–Crippen MR) is 135 cm³/mol. The molecule has 0 saturated carbocycles. The number of ether oxygens (including phenoxy) is 1. The summed E-state index contributed by atoms with van der Waals surface area (Å²) in [4.78, 5) is 27.4. The first-order valence-corrected chi connectivity index (χ1v) is 13.1. The number of aromatic nitrogens is 2.